The Morgan fingerprint density at radius 3 is 2.67 bits per heavy atom. The first-order chi connectivity index (χ1) is 15.9. The lowest BCUT2D eigenvalue weighted by molar-refractivity contribution is 0.0915. The van der Waals surface area contributed by atoms with Crippen molar-refractivity contribution in [2.75, 3.05) is 0 Å². The van der Waals surface area contributed by atoms with Crippen LogP contribution in [0, 0.1) is 18.6 Å². The Morgan fingerprint density at radius 1 is 1.12 bits per heavy atom. The van der Waals surface area contributed by atoms with Crippen LogP contribution in [0.25, 0.3) is 5.65 Å². The number of benzene rings is 2. The van der Waals surface area contributed by atoms with Gasteiger partial charge in [0, 0.05) is 18.5 Å². The van der Waals surface area contributed by atoms with E-state index in [1.165, 1.54) is 18.2 Å². The van der Waals surface area contributed by atoms with Crippen LogP contribution in [0.2, 0.25) is 0 Å². The molecular formula is C26H22F2N2O3. The Hall–Kier alpha value is -3.58. The average molecular weight is 448 g/mol. The van der Waals surface area contributed by atoms with Gasteiger partial charge in [-0.2, -0.15) is 0 Å². The van der Waals surface area contributed by atoms with E-state index in [0.29, 0.717) is 29.2 Å². The maximum atomic E-state index is 14.0. The van der Waals surface area contributed by atoms with Gasteiger partial charge in [-0.05, 0) is 48.7 Å². The molecule has 0 bridgehead atoms. The van der Waals surface area contributed by atoms with Gasteiger partial charge < -0.3 is 9.84 Å². The molecule has 0 saturated heterocycles. The number of carbonyl (C=O) groups excluding carboxylic acids is 1. The minimum absolute atomic E-state index is 0.141. The van der Waals surface area contributed by atoms with Gasteiger partial charge >= 0.3 is 0 Å². The predicted molar refractivity (Wildman–Crippen MR) is 118 cm³/mol. The first-order valence-electron chi connectivity index (χ1n) is 10.8. The highest BCUT2D eigenvalue weighted by Gasteiger charge is 2.33. The van der Waals surface area contributed by atoms with Crippen molar-refractivity contribution in [2.24, 2.45) is 0 Å². The molecule has 2 atom stereocenters. The number of rotatable bonds is 6. The van der Waals surface area contributed by atoms with Crippen LogP contribution >= 0.6 is 0 Å². The van der Waals surface area contributed by atoms with Crippen LogP contribution in [0.15, 0.2) is 60.8 Å². The van der Waals surface area contributed by atoms with E-state index in [1.807, 2.05) is 24.3 Å². The van der Waals surface area contributed by atoms with Gasteiger partial charge in [0.15, 0.2) is 17.2 Å². The van der Waals surface area contributed by atoms with E-state index >= 15 is 0 Å². The van der Waals surface area contributed by atoms with Crippen LogP contribution in [-0.4, -0.2) is 26.4 Å². The Kier molecular flexibility index (Phi) is 5.42. The summed E-state index contributed by atoms with van der Waals surface area (Å²) in [5.41, 5.74) is 3.21. The summed E-state index contributed by atoms with van der Waals surface area (Å²) < 4.78 is 35.3. The van der Waals surface area contributed by atoms with Crippen LogP contribution in [0.1, 0.15) is 45.2 Å². The van der Waals surface area contributed by atoms with Crippen molar-refractivity contribution in [1.82, 2.24) is 9.38 Å². The number of aromatic nitrogens is 2. The Labute approximate surface area is 189 Å². The van der Waals surface area contributed by atoms with Gasteiger partial charge in [0.1, 0.15) is 23.9 Å². The van der Waals surface area contributed by atoms with Crippen molar-refractivity contribution in [3.05, 3.63) is 101 Å². The molecule has 0 unspecified atom stereocenters. The molecule has 2 heterocycles. The van der Waals surface area contributed by atoms with E-state index < -0.39 is 17.7 Å². The summed E-state index contributed by atoms with van der Waals surface area (Å²) in [6.07, 6.45) is 1.78. The van der Waals surface area contributed by atoms with Gasteiger partial charge in [0.2, 0.25) is 0 Å². The van der Waals surface area contributed by atoms with Gasteiger partial charge in [-0.15, -0.1) is 0 Å². The van der Waals surface area contributed by atoms with Crippen LogP contribution in [-0.2, 0) is 13.0 Å². The monoisotopic (exact) mass is 448 g/mol. The van der Waals surface area contributed by atoms with Crippen molar-refractivity contribution in [2.45, 2.75) is 38.4 Å². The SMILES string of the molecule is Cc1nc2c(OCc3c(F)cccc3F)cccn2c1C(=O)C[C@H]1c2ccccc2C[C@@H]1O. The number of ether oxygens (including phenoxy) is 1. The van der Waals surface area contributed by atoms with E-state index in [0.717, 1.165) is 11.1 Å². The molecule has 1 aliphatic rings. The molecule has 2 aromatic heterocycles. The Bertz CT molecular complexity index is 1340. The number of aliphatic hydroxyl groups excluding tert-OH is 1. The fourth-order valence-electron chi connectivity index (χ4n) is 4.62. The molecule has 33 heavy (non-hydrogen) atoms. The van der Waals surface area contributed by atoms with E-state index in [9.17, 15) is 18.7 Å². The number of pyridine rings is 1. The molecule has 0 spiro atoms. The van der Waals surface area contributed by atoms with E-state index in [2.05, 4.69) is 4.98 Å². The second-order valence-corrected chi connectivity index (χ2v) is 8.30. The normalized spacial score (nSPS) is 17.3. The van der Waals surface area contributed by atoms with Gasteiger partial charge in [0.05, 0.1) is 17.4 Å². The first kappa shape index (κ1) is 21.3. The average Bonchev–Trinajstić information content (AvgIpc) is 3.29. The Balaban J connectivity index is 1.43. The number of Topliss-reactive ketones (excluding diaryl/α,β-unsaturated/α-hetero) is 1. The van der Waals surface area contributed by atoms with Gasteiger partial charge in [-0.25, -0.2) is 13.8 Å². The molecular weight excluding hydrogens is 426 g/mol. The molecule has 0 aliphatic heterocycles. The number of ketones is 1. The number of halogens is 2. The first-order valence-corrected chi connectivity index (χ1v) is 10.8. The van der Waals surface area contributed by atoms with Crippen LogP contribution in [0.5, 0.6) is 5.75 Å². The molecule has 0 amide bonds. The van der Waals surface area contributed by atoms with Crippen LogP contribution < -0.4 is 4.74 Å². The largest absolute Gasteiger partial charge is 0.485 e. The van der Waals surface area contributed by atoms with Gasteiger partial charge in [-0.3, -0.25) is 9.20 Å². The maximum absolute atomic E-state index is 14.0. The van der Waals surface area contributed by atoms with Crippen molar-refractivity contribution in [3.63, 3.8) is 0 Å². The van der Waals surface area contributed by atoms with Crippen molar-refractivity contribution < 1.29 is 23.4 Å². The lowest BCUT2D eigenvalue weighted by atomic mass is 9.93. The van der Waals surface area contributed by atoms with E-state index in [4.69, 9.17) is 4.74 Å². The summed E-state index contributed by atoms with van der Waals surface area (Å²) in [5, 5.41) is 10.6. The number of aryl methyl sites for hydroxylation is 1. The minimum Gasteiger partial charge on any atom is -0.485 e. The van der Waals surface area contributed by atoms with Crippen molar-refractivity contribution in [1.29, 1.82) is 0 Å². The zero-order chi connectivity index (χ0) is 23.1. The zero-order valence-corrected chi connectivity index (χ0v) is 18.0. The summed E-state index contributed by atoms with van der Waals surface area (Å²) in [6.45, 7) is 1.43. The number of hydrogen-bond acceptors (Lipinski definition) is 4. The Morgan fingerprint density at radius 2 is 1.88 bits per heavy atom. The number of hydrogen-bond donors (Lipinski definition) is 1. The highest BCUT2D eigenvalue weighted by molar-refractivity contribution is 5.97. The third kappa shape index (κ3) is 3.78. The standard InChI is InChI=1S/C26H22F2N2O3/c1-15-25(23(32)13-18-17-7-3-2-6-16(17)12-22(18)31)30-11-5-10-24(26(30)29-15)33-14-19-20(27)8-4-9-21(19)28/h2-11,18,22,31H,12-14H2,1H3/t18-,22-/m0/s1. The number of aliphatic hydroxyl groups is 1. The summed E-state index contributed by atoms with van der Waals surface area (Å²) in [4.78, 5) is 17.8. The smallest absolute Gasteiger partial charge is 0.182 e. The van der Waals surface area contributed by atoms with Crippen molar-refractivity contribution in [3.8, 4) is 5.75 Å². The maximum Gasteiger partial charge on any atom is 0.182 e. The quantitative estimate of drug-likeness (QED) is 0.432. The molecule has 2 aromatic carbocycles. The number of nitrogens with zero attached hydrogens (tertiary/aromatic N) is 2. The van der Waals surface area contributed by atoms with Gasteiger partial charge in [-0.1, -0.05) is 30.3 Å². The number of carbonyl (C=O) groups is 1. The molecule has 5 nitrogen and oxygen atoms in total. The summed E-state index contributed by atoms with van der Waals surface area (Å²) >= 11 is 0. The topological polar surface area (TPSA) is 63.8 Å². The second kappa shape index (κ2) is 8.41. The predicted octanol–water partition coefficient (Wildman–Crippen LogP) is 4.77. The third-order valence-corrected chi connectivity index (χ3v) is 6.24. The molecule has 5 rings (SSSR count). The summed E-state index contributed by atoms with van der Waals surface area (Å²) in [6, 6.07) is 14.8. The molecule has 0 fully saturated rings. The molecule has 168 valence electrons. The van der Waals surface area contributed by atoms with Crippen LogP contribution in [0.3, 0.4) is 0 Å². The van der Waals surface area contributed by atoms with E-state index in [-0.39, 0.29) is 30.3 Å². The molecule has 7 heteroatoms. The second-order valence-electron chi connectivity index (χ2n) is 8.30. The number of fused-ring (bicyclic) bond motifs is 2. The fraction of sp³-hybridized carbons (Fsp3) is 0.231. The molecule has 0 saturated carbocycles. The summed E-state index contributed by atoms with van der Waals surface area (Å²) in [7, 11) is 0. The molecule has 1 N–H and O–H groups in total. The lowest BCUT2D eigenvalue weighted by Gasteiger charge is -2.15. The van der Waals surface area contributed by atoms with Crippen LogP contribution in [0.4, 0.5) is 8.78 Å². The minimum atomic E-state index is -0.687. The zero-order valence-electron chi connectivity index (χ0n) is 18.0. The van der Waals surface area contributed by atoms with Gasteiger partial charge in [0.25, 0.3) is 0 Å². The third-order valence-electron chi connectivity index (χ3n) is 6.24. The molecule has 4 aromatic rings. The number of imidazole rings is 1. The highest BCUT2D eigenvalue weighted by Crippen LogP contribution is 2.37. The fourth-order valence-corrected chi connectivity index (χ4v) is 4.62. The lowest BCUT2D eigenvalue weighted by Crippen LogP contribution is -2.18. The summed E-state index contributed by atoms with van der Waals surface area (Å²) in [5.74, 6) is -1.48. The van der Waals surface area contributed by atoms with E-state index in [1.54, 1.807) is 29.7 Å². The van der Waals surface area contributed by atoms with Crippen molar-refractivity contribution >= 4 is 11.4 Å². The highest BCUT2D eigenvalue weighted by atomic mass is 19.1. The molecule has 1 aliphatic carbocycles. The molecule has 0 radical (unpaired) electrons.